The van der Waals surface area contributed by atoms with Gasteiger partial charge in [-0.3, -0.25) is 4.79 Å². The van der Waals surface area contributed by atoms with E-state index in [-0.39, 0.29) is 11.9 Å². The summed E-state index contributed by atoms with van der Waals surface area (Å²) in [5, 5.41) is 9.48. The first-order valence-electron chi connectivity index (χ1n) is 8.46. The lowest BCUT2D eigenvalue weighted by Gasteiger charge is -2.32. The van der Waals surface area contributed by atoms with Crippen molar-refractivity contribution in [2.24, 2.45) is 0 Å². The Bertz CT molecular complexity index is 940. The van der Waals surface area contributed by atoms with Crippen molar-refractivity contribution in [3.05, 3.63) is 60.0 Å². The van der Waals surface area contributed by atoms with Gasteiger partial charge in [-0.1, -0.05) is 30.3 Å². The van der Waals surface area contributed by atoms with Crippen LogP contribution < -0.4 is 0 Å². The van der Waals surface area contributed by atoms with Gasteiger partial charge < -0.3 is 9.47 Å². The van der Waals surface area contributed by atoms with Crippen molar-refractivity contribution in [3.63, 3.8) is 0 Å². The summed E-state index contributed by atoms with van der Waals surface area (Å²) in [5.74, 6) is 1.65. The van der Waals surface area contributed by atoms with Gasteiger partial charge in [0, 0.05) is 18.3 Å². The number of aromatic nitrogens is 4. The van der Waals surface area contributed by atoms with Crippen LogP contribution in [0, 0.1) is 0 Å². The Labute approximate surface area is 156 Å². The topological polar surface area (TPSA) is 63.9 Å². The third-order valence-corrected chi connectivity index (χ3v) is 5.25. The lowest BCUT2D eigenvalue weighted by atomic mass is 10.1. The second-order valence-corrected chi connectivity index (χ2v) is 7.07. The molecule has 4 rings (SSSR count). The summed E-state index contributed by atoms with van der Waals surface area (Å²) in [7, 11) is 0. The van der Waals surface area contributed by atoms with Crippen LogP contribution in [0.25, 0.3) is 11.4 Å². The fourth-order valence-electron chi connectivity index (χ4n) is 3.36. The fourth-order valence-corrected chi connectivity index (χ4v) is 3.90. The van der Waals surface area contributed by atoms with E-state index in [9.17, 15) is 4.79 Å². The first-order chi connectivity index (χ1) is 12.7. The van der Waals surface area contributed by atoms with Gasteiger partial charge in [0.1, 0.15) is 5.03 Å². The molecule has 0 saturated heterocycles. The highest BCUT2D eigenvalue weighted by Gasteiger charge is 2.30. The predicted octanol–water partition coefficient (Wildman–Crippen LogP) is 3.28. The normalized spacial score (nSPS) is 16.4. The number of carbonyl (C=O) groups excluding carboxylic acids is 1. The Morgan fingerprint density at radius 2 is 1.96 bits per heavy atom. The van der Waals surface area contributed by atoms with Crippen LogP contribution in [0.2, 0.25) is 0 Å². The molecule has 26 heavy (non-hydrogen) atoms. The molecule has 0 radical (unpaired) electrons. The minimum Gasteiger partial charge on any atom is -0.329 e. The van der Waals surface area contributed by atoms with Gasteiger partial charge in [-0.25, -0.2) is 4.98 Å². The summed E-state index contributed by atoms with van der Waals surface area (Å²) in [6.07, 6.45) is 3.64. The van der Waals surface area contributed by atoms with E-state index < -0.39 is 0 Å². The minimum absolute atomic E-state index is 0.00943. The van der Waals surface area contributed by atoms with E-state index >= 15 is 0 Å². The Morgan fingerprint density at radius 3 is 2.73 bits per heavy atom. The molecule has 1 aliphatic rings. The van der Waals surface area contributed by atoms with Gasteiger partial charge in [-0.2, -0.15) is 0 Å². The second kappa shape index (κ2) is 6.92. The van der Waals surface area contributed by atoms with Crippen molar-refractivity contribution < 1.29 is 4.79 Å². The van der Waals surface area contributed by atoms with E-state index in [0.29, 0.717) is 18.7 Å². The predicted molar refractivity (Wildman–Crippen MR) is 101 cm³/mol. The summed E-state index contributed by atoms with van der Waals surface area (Å²) in [6.45, 7) is 3.16. The third-order valence-electron chi connectivity index (χ3n) is 4.54. The zero-order valence-corrected chi connectivity index (χ0v) is 15.5. The zero-order valence-electron chi connectivity index (χ0n) is 14.7. The molecule has 6 nitrogen and oxygen atoms in total. The SMILES string of the molecule is CSc1ncccc1C(=O)N1Cc2nnc(-c3ccccc3)n2[C@@H](C)C1. The van der Waals surface area contributed by atoms with Gasteiger partial charge in [0.05, 0.1) is 18.2 Å². The van der Waals surface area contributed by atoms with E-state index in [1.807, 2.05) is 47.6 Å². The van der Waals surface area contributed by atoms with Crippen LogP contribution in [0.5, 0.6) is 0 Å². The standard InChI is InChI=1S/C19H19N5OS/c1-13-11-23(19(25)15-9-6-10-20-18(15)26-2)12-16-21-22-17(24(13)16)14-7-4-3-5-8-14/h3-10,13H,11-12H2,1-2H3/t13-/m0/s1. The molecule has 7 heteroatoms. The van der Waals surface area contributed by atoms with E-state index in [2.05, 4.69) is 26.7 Å². The molecule has 1 aliphatic heterocycles. The molecule has 0 N–H and O–H groups in total. The van der Waals surface area contributed by atoms with E-state index in [0.717, 1.165) is 22.2 Å². The highest BCUT2D eigenvalue weighted by atomic mass is 32.2. The van der Waals surface area contributed by atoms with Crippen LogP contribution in [0.15, 0.2) is 53.7 Å². The molecular formula is C19H19N5OS. The smallest absolute Gasteiger partial charge is 0.257 e. The first-order valence-corrected chi connectivity index (χ1v) is 9.69. The zero-order chi connectivity index (χ0) is 18.1. The molecule has 2 aromatic heterocycles. The Balaban J connectivity index is 1.65. The Kier molecular flexibility index (Phi) is 4.46. The van der Waals surface area contributed by atoms with Crippen LogP contribution in [-0.4, -0.2) is 43.4 Å². The number of fused-ring (bicyclic) bond motifs is 1. The maximum atomic E-state index is 13.0. The molecule has 1 atom stereocenters. The summed E-state index contributed by atoms with van der Waals surface area (Å²) in [4.78, 5) is 19.2. The number of carbonyl (C=O) groups is 1. The van der Waals surface area contributed by atoms with Gasteiger partial charge in [0.25, 0.3) is 5.91 Å². The maximum absolute atomic E-state index is 13.0. The van der Waals surface area contributed by atoms with E-state index in [1.165, 1.54) is 11.8 Å². The average Bonchev–Trinajstić information content (AvgIpc) is 3.12. The van der Waals surface area contributed by atoms with Crippen molar-refractivity contribution >= 4 is 17.7 Å². The average molecular weight is 365 g/mol. The molecule has 1 amide bonds. The van der Waals surface area contributed by atoms with Gasteiger partial charge in [-0.05, 0) is 25.3 Å². The first kappa shape index (κ1) is 16.8. The van der Waals surface area contributed by atoms with Crippen LogP contribution in [0.4, 0.5) is 0 Å². The summed E-state index contributed by atoms with van der Waals surface area (Å²) < 4.78 is 2.14. The molecule has 0 aliphatic carbocycles. The third kappa shape index (κ3) is 2.88. The monoisotopic (exact) mass is 365 g/mol. The lowest BCUT2D eigenvalue weighted by molar-refractivity contribution is 0.0677. The maximum Gasteiger partial charge on any atom is 0.257 e. The minimum atomic E-state index is -0.00943. The van der Waals surface area contributed by atoms with Crippen LogP contribution in [-0.2, 0) is 6.54 Å². The van der Waals surface area contributed by atoms with Crippen LogP contribution >= 0.6 is 11.8 Å². The summed E-state index contributed by atoms with van der Waals surface area (Å²) >= 11 is 1.48. The molecule has 0 saturated carbocycles. The van der Waals surface area contributed by atoms with E-state index in [1.54, 1.807) is 12.3 Å². The molecule has 1 aromatic carbocycles. The van der Waals surface area contributed by atoms with Crippen molar-refractivity contribution in [2.75, 3.05) is 12.8 Å². The molecule has 3 heterocycles. The molecular weight excluding hydrogens is 346 g/mol. The molecule has 0 unspecified atom stereocenters. The van der Waals surface area contributed by atoms with Crippen LogP contribution in [0.3, 0.4) is 0 Å². The van der Waals surface area contributed by atoms with Gasteiger partial charge in [0.2, 0.25) is 0 Å². The highest BCUT2D eigenvalue weighted by Crippen LogP contribution is 2.29. The quantitative estimate of drug-likeness (QED) is 0.667. The number of hydrogen-bond donors (Lipinski definition) is 0. The Hall–Kier alpha value is -2.67. The number of benzene rings is 1. The Morgan fingerprint density at radius 1 is 1.15 bits per heavy atom. The second-order valence-electron chi connectivity index (χ2n) is 6.27. The molecule has 0 spiro atoms. The van der Waals surface area contributed by atoms with Gasteiger partial charge in [-0.15, -0.1) is 22.0 Å². The number of rotatable bonds is 3. The number of thioether (sulfide) groups is 1. The van der Waals surface area contributed by atoms with Crippen molar-refractivity contribution in [1.29, 1.82) is 0 Å². The number of nitrogens with zero attached hydrogens (tertiary/aromatic N) is 5. The number of pyridine rings is 1. The molecule has 3 aromatic rings. The summed E-state index contributed by atoms with van der Waals surface area (Å²) in [6, 6.07) is 13.8. The van der Waals surface area contributed by atoms with Crippen LogP contribution in [0.1, 0.15) is 29.1 Å². The largest absolute Gasteiger partial charge is 0.329 e. The molecule has 0 fully saturated rings. The molecule has 0 bridgehead atoms. The van der Waals surface area contributed by atoms with Crippen molar-refractivity contribution in [1.82, 2.24) is 24.6 Å². The van der Waals surface area contributed by atoms with Crippen molar-refractivity contribution in [3.8, 4) is 11.4 Å². The molecule has 132 valence electrons. The lowest BCUT2D eigenvalue weighted by Crippen LogP contribution is -2.40. The fraction of sp³-hybridized carbons (Fsp3) is 0.263. The number of hydrogen-bond acceptors (Lipinski definition) is 5. The van der Waals surface area contributed by atoms with E-state index in [4.69, 9.17) is 0 Å². The van der Waals surface area contributed by atoms with Gasteiger partial charge >= 0.3 is 0 Å². The number of amides is 1. The van der Waals surface area contributed by atoms with Gasteiger partial charge in [0.15, 0.2) is 11.6 Å². The highest BCUT2D eigenvalue weighted by molar-refractivity contribution is 7.98. The van der Waals surface area contributed by atoms with Crippen molar-refractivity contribution in [2.45, 2.75) is 24.5 Å². The summed E-state index contributed by atoms with van der Waals surface area (Å²) in [5.41, 5.74) is 1.68.